The fraction of sp³-hybridized carbons (Fsp3) is 0.409. The molecule has 12 nitrogen and oxygen atoms in total. The van der Waals surface area contributed by atoms with E-state index in [1.165, 1.54) is 23.4 Å². The van der Waals surface area contributed by atoms with Gasteiger partial charge in [-0.05, 0) is 25.5 Å². The Balaban J connectivity index is 1.97. The van der Waals surface area contributed by atoms with Gasteiger partial charge in [-0.2, -0.15) is 10.2 Å². The van der Waals surface area contributed by atoms with Gasteiger partial charge in [0.1, 0.15) is 18.1 Å². The molecule has 0 spiro atoms. The highest BCUT2D eigenvalue weighted by molar-refractivity contribution is 5.98. The zero-order valence-corrected chi connectivity index (χ0v) is 19.9. The third-order valence-electron chi connectivity index (χ3n) is 5.05. The van der Waals surface area contributed by atoms with E-state index in [-0.39, 0.29) is 41.8 Å². The van der Waals surface area contributed by atoms with Gasteiger partial charge in [0.25, 0.3) is 5.91 Å². The van der Waals surface area contributed by atoms with Crippen LogP contribution in [-0.4, -0.2) is 63.3 Å². The number of amides is 1. The molecule has 6 N–H and O–H groups in total. The first-order chi connectivity index (χ1) is 16.8. The molecule has 3 aromatic heterocycles. The van der Waals surface area contributed by atoms with Gasteiger partial charge in [-0.25, -0.2) is 14.4 Å². The number of methoxy groups -OCH3 is 1. The van der Waals surface area contributed by atoms with Crippen molar-refractivity contribution in [3.63, 3.8) is 0 Å². The Morgan fingerprint density at radius 1 is 1.23 bits per heavy atom. The lowest BCUT2D eigenvalue weighted by atomic mass is 10.1. The van der Waals surface area contributed by atoms with E-state index < -0.39 is 11.7 Å². The molecule has 0 aliphatic rings. The van der Waals surface area contributed by atoms with E-state index in [2.05, 4.69) is 30.8 Å². The highest BCUT2D eigenvalue weighted by Crippen LogP contribution is 2.28. The summed E-state index contributed by atoms with van der Waals surface area (Å²) < 4.78 is 25.5. The first kappa shape index (κ1) is 25.8. The van der Waals surface area contributed by atoms with E-state index in [0.29, 0.717) is 24.4 Å². The van der Waals surface area contributed by atoms with Gasteiger partial charge in [0.05, 0.1) is 36.4 Å². The van der Waals surface area contributed by atoms with Crippen molar-refractivity contribution < 1.29 is 18.7 Å². The van der Waals surface area contributed by atoms with Crippen LogP contribution in [0.3, 0.4) is 0 Å². The van der Waals surface area contributed by atoms with Gasteiger partial charge in [-0.1, -0.05) is 13.3 Å². The Labute approximate surface area is 202 Å². The van der Waals surface area contributed by atoms with Crippen molar-refractivity contribution in [1.29, 1.82) is 0 Å². The van der Waals surface area contributed by atoms with E-state index in [0.717, 1.165) is 12.5 Å². The van der Waals surface area contributed by atoms with Crippen LogP contribution in [0.4, 0.5) is 21.7 Å². The van der Waals surface area contributed by atoms with Crippen molar-refractivity contribution in [1.82, 2.24) is 25.0 Å². The summed E-state index contributed by atoms with van der Waals surface area (Å²) in [6, 6.07) is 2.23. The normalized spacial score (nSPS) is 12.7. The van der Waals surface area contributed by atoms with Crippen LogP contribution in [0.2, 0.25) is 0 Å². The molecule has 0 saturated carbocycles. The second-order valence-electron chi connectivity index (χ2n) is 7.81. The van der Waals surface area contributed by atoms with E-state index >= 15 is 0 Å². The van der Waals surface area contributed by atoms with Crippen LogP contribution in [-0.2, 0) is 4.74 Å². The number of halogens is 1. The summed E-state index contributed by atoms with van der Waals surface area (Å²) in [5, 5.41) is 14.3. The maximum absolute atomic E-state index is 14.8. The Bertz CT molecular complexity index is 1130. The second kappa shape index (κ2) is 12.0. The standard InChI is InChI=1S/C22H30FN9O3/c1-4-5-17(13(2)24)30-21-16(23)11-15(19(25)33)20(31-21)29-14-10-18(32-27-6-7-28-32)22(26-12-14)35-9-8-34-3/h6-7,10-13,17H,4-5,8-9,24H2,1-3H3,(H2,25,33)(H2,29,30,31)/t13-,17+/m0/s1. The molecule has 13 heteroatoms. The topological polar surface area (TPSA) is 168 Å². The van der Waals surface area contributed by atoms with Crippen molar-refractivity contribution in [3.8, 4) is 11.6 Å². The number of aromatic nitrogens is 5. The molecule has 3 rings (SSSR count). The molecule has 0 unspecified atom stereocenters. The number of carbonyl (C=O) groups excluding carboxylic acids is 1. The fourth-order valence-corrected chi connectivity index (χ4v) is 3.29. The van der Waals surface area contributed by atoms with Gasteiger partial charge in [-0.15, -0.1) is 4.80 Å². The minimum absolute atomic E-state index is 0.0466. The molecule has 3 heterocycles. The molecule has 1 amide bonds. The molecule has 0 aromatic carbocycles. The number of anilines is 3. The summed E-state index contributed by atoms with van der Waals surface area (Å²) in [6.45, 7) is 4.47. The maximum atomic E-state index is 14.8. The molecule has 0 aliphatic heterocycles. The number of carbonyl (C=O) groups is 1. The van der Waals surface area contributed by atoms with E-state index in [4.69, 9.17) is 20.9 Å². The minimum Gasteiger partial charge on any atom is -0.474 e. The van der Waals surface area contributed by atoms with Gasteiger partial charge < -0.3 is 31.6 Å². The van der Waals surface area contributed by atoms with Crippen molar-refractivity contribution in [2.24, 2.45) is 11.5 Å². The van der Waals surface area contributed by atoms with Crippen LogP contribution < -0.4 is 26.8 Å². The average molecular weight is 488 g/mol. The molecule has 2 atom stereocenters. The molecule has 0 saturated heterocycles. The molecule has 0 bridgehead atoms. The lowest BCUT2D eigenvalue weighted by Gasteiger charge is -2.23. The van der Waals surface area contributed by atoms with Gasteiger partial charge in [0.15, 0.2) is 11.6 Å². The lowest BCUT2D eigenvalue weighted by Crippen LogP contribution is -2.38. The fourth-order valence-electron chi connectivity index (χ4n) is 3.29. The monoisotopic (exact) mass is 487 g/mol. The Hall–Kier alpha value is -3.84. The average Bonchev–Trinajstić information content (AvgIpc) is 3.36. The van der Waals surface area contributed by atoms with Gasteiger partial charge in [-0.3, -0.25) is 4.79 Å². The predicted molar refractivity (Wildman–Crippen MR) is 128 cm³/mol. The number of primary amides is 1. The van der Waals surface area contributed by atoms with E-state index in [1.54, 1.807) is 13.2 Å². The van der Waals surface area contributed by atoms with Crippen LogP contribution in [0, 0.1) is 5.82 Å². The SMILES string of the molecule is CCC[C@@H](Nc1nc(Nc2cnc(OCCOC)c(-n3nccn3)c2)c(C(N)=O)cc1F)[C@H](C)N. The number of pyridine rings is 2. The summed E-state index contributed by atoms with van der Waals surface area (Å²) in [6.07, 6.45) is 6.05. The summed E-state index contributed by atoms with van der Waals surface area (Å²) in [5.41, 5.74) is 12.2. The Kier molecular flexibility index (Phi) is 8.86. The number of nitrogens with one attached hydrogen (secondary N) is 2. The van der Waals surface area contributed by atoms with Crippen molar-refractivity contribution >= 4 is 23.2 Å². The molecule has 35 heavy (non-hydrogen) atoms. The zero-order valence-electron chi connectivity index (χ0n) is 19.9. The summed E-state index contributed by atoms with van der Waals surface area (Å²) in [7, 11) is 1.56. The van der Waals surface area contributed by atoms with Crippen LogP contribution in [0.25, 0.3) is 5.69 Å². The Morgan fingerprint density at radius 2 is 1.97 bits per heavy atom. The van der Waals surface area contributed by atoms with Crippen LogP contribution >= 0.6 is 0 Å². The highest BCUT2D eigenvalue weighted by Gasteiger charge is 2.21. The zero-order chi connectivity index (χ0) is 25.4. The van der Waals surface area contributed by atoms with Crippen LogP contribution in [0.5, 0.6) is 5.88 Å². The number of nitrogens with zero attached hydrogens (tertiary/aromatic N) is 5. The number of hydrogen-bond donors (Lipinski definition) is 4. The molecular weight excluding hydrogens is 457 g/mol. The van der Waals surface area contributed by atoms with Crippen molar-refractivity contribution in [2.75, 3.05) is 31.0 Å². The van der Waals surface area contributed by atoms with Crippen LogP contribution in [0.1, 0.15) is 37.0 Å². The molecule has 3 aromatic rings. The van der Waals surface area contributed by atoms with Crippen molar-refractivity contribution in [2.45, 2.75) is 38.8 Å². The van der Waals surface area contributed by atoms with Crippen LogP contribution in [0.15, 0.2) is 30.7 Å². The predicted octanol–water partition coefficient (Wildman–Crippen LogP) is 1.99. The molecular formula is C22H30FN9O3. The third-order valence-corrected chi connectivity index (χ3v) is 5.05. The molecule has 0 aliphatic carbocycles. The number of ether oxygens (including phenoxy) is 2. The van der Waals surface area contributed by atoms with E-state index in [9.17, 15) is 9.18 Å². The van der Waals surface area contributed by atoms with Crippen molar-refractivity contribution in [3.05, 3.63) is 42.1 Å². The Morgan fingerprint density at radius 3 is 2.60 bits per heavy atom. The highest BCUT2D eigenvalue weighted by atomic mass is 19.1. The second-order valence-corrected chi connectivity index (χ2v) is 7.81. The largest absolute Gasteiger partial charge is 0.474 e. The number of nitrogens with two attached hydrogens (primary N) is 2. The van der Waals surface area contributed by atoms with Gasteiger partial charge in [0.2, 0.25) is 5.88 Å². The molecule has 0 radical (unpaired) electrons. The number of hydrogen-bond acceptors (Lipinski definition) is 10. The van der Waals surface area contributed by atoms with Gasteiger partial charge in [0, 0.05) is 19.2 Å². The van der Waals surface area contributed by atoms with E-state index in [1.807, 2.05) is 13.8 Å². The summed E-state index contributed by atoms with van der Waals surface area (Å²) in [5.74, 6) is -1.28. The first-order valence-corrected chi connectivity index (χ1v) is 11.1. The summed E-state index contributed by atoms with van der Waals surface area (Å²) >= 11 is 0. The molecule has 188 valence electrons. The third kappa shape index (κ3) is 6.61. The van der Waals surface area contributed by atoms with Gasteiger partial charge >= 0.3 is 0 Å². The number of rotatable bonds is 13. The quantitative estimate of drug-likeness (QED) is 0.262. The minimum atomic E-state index is -0.843. The first-order valence-electron chi connectivity index (χ1n) is 11.1. The maximum Gasteiger partial charge on any atom is 0.252 e. The summed E-state index contributed by atoms with van der Waals surface area (Å²) in [4.78, 5) is 22.0. The lowest BCUT2D eigenvalue weighted by molar-refractivity contribution is 0.100. The molecule has 0 fully saturated rings. The smallest absolute Gasteiger partial charge is 0.252 e.